The number of hydrogen-bond acceptors (Lipinski definition) is 2. The van der Waals surface area contributed by atoms with Crippen molar-refractivity contribution in [2.75, 3.05) is 27.7 Å². The van der Waals surface area contributed by atoms with Crippen LogP contribution < -0.4 is 0 Å². The standard InChI is InChI=1S/C14H22N2O2/c1-11(15(2)3)13-7-5-6-12(10-13)8-9-16(4)14(17)18/h5-7,10-11H,8-9H2,1-4H3,(H,17,18)/t11-/m0/s1. The van der Waals surface area contributed by atoms with Gasteiger partial charge in [-0.3, -0.25) is 0 Å². The van der Waals surface area contributed by atoms with Gasteiger partial charge in [0.05, 0.1) is 0 Å². The molecule has 4 nitrogen and oxygen atoms in total. The quantitative estimate of drug-likeness (QED) is 0.873. The van der Waals surface area contributed by atoms with Gasteiger partial charge in [-0.25, -0.2) is 4.79 Å². The molecule has 1 amide bonds. The zero-order valence-corrected chi connectivity index (χ0v) is 11.6. The summed E-state index contributed by atoms with van der Waals surface area (Å²) in [6.45, 7) is 2.68. The molecule has 0 heterocycles. The second-order valence-electron chi connectivity index (χ2n) is 4.84. The van der Waals surface area contributed by atoms with E-state index in [0.717, 1.165) is 6.42 Å². The molecule has 0 spiro atoms. The average molecular weight is 250 g/mol. The van der Waals surface area contributed by atoms with Crippen molar-refractivity contribution in [3.63, 3.8) is 0 Å². The first kappa shape index (κ1) is 14.5. The molecule has 0 aliphatic rings. The van der Waals surface area contributed by atoms with E-state index in [1.54, 1.807) is 7.05 Å². The summed E-state index contributed by atoms with van der Waals surface area (Å²) in [4.78, 5) is 14.2. The van der Waals surface area contributed by atoms with Gasteiger partial charge in [0, 0.05) is 19.6 Å². The van der Waals surface area contributed by atoms with Crippen LogP contribution in [0.4, 0.5) is 4.79 Å². The predicted molar refractivity (Wildman–Crippen MR) is 72.9 cm³/mol. The number of amides is 1. The topological polar surface area (TPSA) is 43.8 Å². The zero-order valence-electron chi connectivity index (χ0n) is 11.6. The Balaban J connectivity index is 2.68. The zero-order chi connectivity index (χ0) is 13.7. The highest BCUT2D eigenvalue weighted by Crippen LogP contribution is 2.18. The van der Waals surface area contributed by atoms with Gasteiger partial charge in [0.2, 0.25) is 0 Å². The van der Waals surface area contributed by atoms with E-state index in [1.165, 1.54) is 16.0 Å². The summed E-state index contributed by atoms with van der Waals surface area (Å²) < 4.78 is 0. The highest BCUT2D eigenvalue weighted by Gasteiger charge is 2.09. The third-order valence-electron chi connectivity index (χ3n) is 3.27. The molecule has 0 radical (unpaired) electrons. The maximum Gasteiger partial charge on any atom is 0.407 e. The van der Waals surface area contributed by atoms with Crippen LogP contribution in [-0.2, 0) is 6.42 Å². The van der Waals surface area contributed by atoms with Crippen LogP contribution in [0, 0.1) is 0 Å². The van der Waals surface area contributed by atoms with E-state index in [9.17, 15) is 4.79 Å². The highest BCUT2D eigenvalue weighted by atomic mass is 16.4. The van der Waals surface area contributed by atoms with Crippen molar-refractivity contribution in [1.29, 1.82) is 0 Å². The first-order chi connectivity index (χ1) is 8.41. The van der Waals surface area contributed by atoms with Gasteiger partial charge in [0.15, 0.2) is 0 Å². The molecule has 0 bridgehead atoms. The lowest BCUT2D eigenvalue weighted by molar-refractivity contribution is 0.156. The summed E-state index contributed by atoms with van der Waals surface area (Å²) in [7, 11) is 5.69. The molecule has 0 unspecified atom stereocenters. The molecule has 18 heavy (non-hydrogen) atoms. The molecule has 1 rings (SSSR count). The minimum atomic E-state index is -0.882. The van der Waals surface area contributed by atoms with Crippen LogP contribution in [0.3, 0.4) is 0 Å². The van der Waals surface area contributed by atoms with Gasteiger partial charge >= 0.3 is 6.09 Å². The number of nitrogens with zero attached hydrogens (tertiary/aromatic N) is 2. The Bertz CT molecular complexity index is 405. The molecule has 1 aromatic carbocycles. The third kappa shape index (κ3) is 4.04. The summed E-state index contributed by atoms with van der Waals surface area (Å²) in [6, 6.07) is 8.70. The Morgan fingerprint density at radius 1 is 1.33 bits per heavy atom. The highest BCUT2D eigenvalue weighted by molar-refractivity contribution is 5.64. The first-order valence-corrected chi connectivity index (χ1v) is 6.11. The van der Waals surface area contributed by atoms with Crippen molar-refractivity contribution in [3.8, 4) is 0 Å². The van der Waals surface area contributed by atoms with Crippen molar-refractivity contribution in [2.45, 2.75) is 19.4 Å². The molecule has 0 fully saturated rings. The van der Waals surface area contributed by atoms with Crippen LogP contribution in [0.15, 0.2) is 24.3 Å². The molecule has 1 atom stereocenters. The van der Waals surface area contributed by atoms with Gasteiger partial charge in [-0.2, -0.15) is 0 Å². The monoisotopic (exact) mass is 250 g/mol. The summed E-state index contributed by atoms with van der Waals surface area (Å²) >= 11 is 0. The Labute approximate surface area is 109 Å². The fourth-order valence-electron chi connectivity index (χ4n) is 1.70. The number of carboxylic acid groups (broad SMARTS) is 1. The van der Waals surface area contributed by atoms with E-state index in [4.69, 9.17) is 5.11 Å². The normalized spacial score (nSPS) is 12.5. The van der Waals surface area contributed by atoms with Crippen molar-refractivity contribution in [1.82, 2.24) is 9.80 Å². The smallest absolute Gasteiger partial charge is 0.407 e. The maximum atomic E-state index is 10.7. The number of benzene rings is 1. The van der Waals surface area contributed by atoms with Gasteiger partial charge in [0.1, 0.15) is 0 Å². The minimum absolute atomic E-state index is 0.363. The van der Waals surface area contributed by atoms with E-state index in [-0.39, 0.29) is 0 Å². The van der Waals surface area contributed by atoms with Gasteiger partial charge in [-0.1, -0.05) is 24.3 Å². The second-order valence-corrected chi connectivity index (χ2v) is 4.84. The van der Waals surface area contributed by atoms with Gasteiger partial charge in [-0.15, -0.1) is 0 Å². The Hall–Kier alpha value is -1.55. The number of likely N-dealkylation sites (N-methyl/N-ethyl adjacent to an activating group) is 1. The number of hydrogen-bond donors (Lipinski definition) is 1. The summed E-state index contributed by atoms with van der Waals surface area (Å²) in [5.74, 6) is 0. The predicted octanol–water partition coefficient (Wildman–Crippen LogP) is 2.46. The molecule has 1 aromatic rings. The van der Waals surface area contributed by atoms with Crippen LogP contribution in [0.5, 0.6) is 0 Å². The molecule has 1 N–H and O–H groups in total. The second kappa shape index (κ2) is 6.40. The lowest BCUT2D eigenvalue weighted by Gasteiger charge is -2.21. The fraction of sp³-hybridized carbons (Fsp3) is 0.500. The Morgan fingerprint density at radius 2 is 2.00 bits per heavy atom. The van der Waals surface area contributed by atoms with E-state index < -0.39 is 6.09 Å². The molecule has 100 valence electrons. The van der Waals surface area contributed by atoms with E-state index in [0.29, 0.717) is 12.6 Å². The molecule has 0 aliphatic carbocycles. The van der Waals surface area contributed by atoms with Crippen LogP contribution in [0.1, 0.15) is 24.1 Å². The number of carbonyl (C=O) groups is 1. The third-order valence-corrected chi connectivity index (χ3v) is 3.27. The molecule has 0 aliphatic heterocycles. The van der Waals surface area contributed by atoms with Crippen molar-refractivity contribution in [2.24, 2.45) is 0 Å². The average Bonchev–Trinajstić information content (AvgIpc) is 2.35. The van der Waals surface area contributed by atoms with Crippen LogP contribution in [0.25, 0.3) is 0 Å². The van der Waals surface area contributed by atoms with Crippen molar-refractivity contribution in [3.05, 3.63) is 35.4 Å². The molecular formula is C14H22N2O2. The molecule has 0 aromatic heterocycles. The summed E-state index contributed by atoms with van der Waals surface area (Å²) in [6.07, 6.45) is -0.135. The van der Waals surface area contributed by atoms with E-state index >= 15 is 0 Å². The fourth-order valence-corrected chi connectivity index (χ4v) is 1.70. The lowest BCUT2D eigenvalue weighted by atomic mass is 10.0. The van der Waals surface area contributed by atoms with Crippen molar-refractivity contribution >= 4 is 6.09 Å². The molecule has 4 heteroatoms. The van der Waals surface area contributed by atoms with Gasteiger partial charge in [0.25, 0.3) is 0 Å². The van der Waals surface area contributed by atoms with Crippen LogP contribution in [0.2, 0.25) is 0 Å². The van der Waals surface area contributed by atoms with Gasteiger partial charge in [-0.05, 0) is 38.6 Å². The SMILES string of the molecule is C[C@@H](c1cccc(CCN(C)C(=O)O)c1)N(C)C. The van der Waals surface area contributed by atoms with Gasteiger partial charge < -0.3 is 14.9 Å². The first-order valence-electron chi connectivity index (χ1n) is 6.11. The molecular weight excluding hydrogens is 228 g/mol. The van der Waals surface area contributed by atoms with E-state index in [1.807, 2.05) is 12.1 Å². The summed E-state index contributed by atoms with van der Waals surface area (Å²) in [5.41, 5.74) is 2.43. The van der Waals surface area contributed by atoms with E-state index in [2.05, 4.69) is 38.1 Å². The minimum Gasteiger partial charge on any atom is -0.465 e. The molecule has 0 saturated carbocycles. The lowest BCUT2D eigenvalue weighted by Crippen LogP contribution is -2.26. The van der Waals surface area contributed by atoms with Crippen LogP contribution in [-0.4, -0.2) is 48.7 Å². The largest absolute Gasteiger partial charge is 0.465 e. The Morgan fingerprint density at radius 3 is 2.56 bits per heavy atom. The maximum absolute atomic E-state index is 10.7. The Kier molecular flexibility index (Phi) is 5.16. The van der Waals surface area contributed by atoms with Crippen molar-refractivity contribution < 1.29 is 9.90 Å². The molecule has 0 saturated heterocycles. The number of rotatable bonds is 5. The van der Waals surface area contributed by atoms with Crippen LogP contribution >= 0.6 is 0 Å². The summed E-state index contributed by atoms with van der Waals surface area (Å²) in [5, 5.41) is 8.79.